The normalized spacial score (nSPS) is 19.1. The van der Waals surface area contributed by atoms with Gasteiger partial charge in [-0.2, -0.15) is 0 Å². The molecule has 6 nitrogen and oxygen atoms in total. The summed E-state index contributed by atoms with van der Waals surface area (Å²) in [6.45, 7) is 6.21. The van der Waals surface area contributed by atoms with E-state index < -0.39 is 6.17 Å². The van der Waals surface area contributed by atoms with Gasteiger partial charge in [-0.05, 0) is 63.8 Å². The number of phenols is 1. The number of aromatic hydroxyl groups is 1. The number of hydrogen-bond acceptors (Lipinski definition) is 6. The fourth-order valence-corrected chi connectivity index (χ4v) is 6.00. The number of methoxy groups -OCH3 is 1. The minimum Gasteiger partial charge on any atom is -0.504 e. The van der Waals surface area contributed by atoms with E-state index in [2.05, 4.69) is 61.2 Å². The third kappa shape index (κ3) is 3.22. The highest BCUT2D eigenvalue weighted by Crippen LogP contribution is 2.47. The van der Waals surface area contributed by atoms with Crippen molar-refractivity contribution in [2.24, 2.45) is 0 Å². The fraction of sp³-hybridized carbons (Fsp3) is 0.421. The second kappa shape index (κ2) is 7.51. The van der Waals surface area contributed by atoms with Gasteiger partial charge in [0, 0.05) is 33.0 Å². The summed E-state index contributed by atoms with van der Waals surface area (Å²) in [7, 11) is 1.50. The molecule has 4 rings (SSSR count). The molecular formula is C19H21Br2N3O3S. The Labute approximate surface area is 184 Å². The number of phenolic OH excluding ortho intramolecular Hbond substituents is 1. The number of carbonyl (C=O) groups excluding carboxylic acids is 1. The van der Waals surface area contributed by atoms with Crippen LogP contribution in [0.2, 0.25) is 0 Å². The van der Waals surface area contributed by atoms with Crippen LogP contribution < -0.4 is 15.4 Å². The lowest BCUT2D eigenvalue weighted by atomic mass is 9.99. The smallest absolute Gasteiger partial charge is 0.256 e. The number of hydrogen-bond donors (Lipinski definition) is 3. The van der Waals surface area contributed by atoms with Crippen LogP contribution in [0.1, 0.15) is 46.4 Å². The number of fused-ring (bicyclic) bond motifs is 3. The van der Waals surface area contributed by atoms with Crippen LogP contribution in [0.25, 0.3) is 0 Å². The summed E-state index contributed by atoms with van der Waals surface area (Å²) in [5.41, 5.74) is 2.42. The Morgan fingerprint density at radius 1 is 1.36 bits per heavy atom. The average Bonchev–Trinajstić information content (AvgIpc) is 3.02. The standard InChI is InChI=1S/C19H21Br2N3O3S/c1-8(2)24-5-4-9-12(7-24)28-19-13(9)18(26)22-17(23-19)14-15(21)10(20)6-11(27-3)16(14)25/h6,8,17,23,25H,4-5,7H2,1-3H3,(H,22,26). The molecule has 28 heavy (non-hydrogen) atoms. The number of nitrogens with one attached hydrogen (secondary N) is 2. The van der Waals surface area contributed by atoms with Crippen molar-refractivity contribution in [2.75, 3.05) is 19.0 Å². The summed E-state index contributed by atoms with van der Waals surface area (Å²) in [4.78, 5) is 16.6. The van der Waals surface area contributed by atoms with Crippen molar-refractivity contribution in [3.8, 4) is 11.5 Å². The van der Waals surface area contributed by atoms with Crippen LogP contribution in [0.4, 0.5) is 5.00 Å². The van der Waals surface area contributed by atoms with E-state index in [4.69, 9.17) is 4.74 Å². The largest absolute Gasteiger partial charge is 0.504 e. The molecule has 2 aromatic rings. The second-order valence-electron chi connectivity index (χ2n) is 7.21. The zero-order valence-corrected chi connectivity index (χ0v) is 19.7. The van der Waals surface area contributed by atoms with Crippen molar-refractivity contribution in [3.63, 3.8) is 0 Å². The molecule has 1 aromatic carbocycles. The van der Waals surface area contributed by atoms with Crippen molar-refractivity contribution < 1.29 is 14.6 Å². The van der Waals surface area contributed by atoms with Crippen molar-refractivity contribution in [1.29, 1.82) is 0 Å². The van der Waals surface area contributed by atoms with E-state index in [0.29, 0.717) is 21.8 Å². The maximum atomic E-state index is 13.0. The highest BCUT2D eigenvalue weighted by atomic mass is 79.9. The number of halogens is 2. The first-order valence-electron chi connectivity index (χ1n) is 9.02. The molecule has 0 bridgehead atoms. The summed E-state index contributed by atoms with van der Waals surface area (Å²) >= 11 is 8.62. The molecule has 9 heteroatoms. The zero-order chi connectivity index (χ0) is 20.2. The van der Waals surface area contributed by atoms with Gasteiger partial charge in [0.2, 0.25) is 0 Å². The predicted octanol–water partition coefficient (Wildman–Crippen LogP) is 4.61. The van der Waals surface area contributed by atoms with E-state index in [1.165, 1.54) is 12.0 Å². The lowest BCUT2D eigenvalue weighted by Gasteiger charge is -2.31. The SMILES string of the molecule is COc1cc(Br)c(Br)c(C2NC(=O)c3c(sc4c3CCN(C(C)C)C4)N2)c1O. The molecule has 2 aliphatic rings. The molecule has 1 atom stereocenters. The number of ether oxygens (including phenoxy) is 1. The highest BCUT2D eigenvalue weighted by Gasteiger charge is 2.36. The van der Waals surface area contributed by atoms with E-state index in [9.17, 15) is 9.90 Å². The Kier molecular flexibility index (Phi) is 5.37. The third-order valence-corrected chi connectivity index (χ3v) is 8.46. The molecule has 0 saturated carbocycles. The average molecular weight is 531 g/mol. The predicted molar refractivity (Wildman–Crippen MR) is 117 cm³/mol. The maximum absolute atomic E-state index is 13.0. The van der Waals surface area contributed by atoms with Gasteiger partial charge in [0.1, 0.15) is 11.2 Å². The van der Waals surface area contributed by atoms with Gasteiger partial charge < -0.3 is 20.5 Å². The van der Waals surface area contributed by atoms with Crippen molar-refractivity contribution >= 4 is 54.1 Å². The van der Waals surface area contributed by atoms with Gasteiger partial charge in [-0.1, -0.05) is 0 Å². The van der Waals surface area contributed by atoms with Crippen LogP contribution in [-0.2, 0) is 13.0 Å². The molecule has 150 valence electrons. The van der Waals surface area contributed by atoms with Crippen LogP contribution in [0.3, 0.4) is 0 Å². The van der Waals surface area contributed by atoms with Crippen molar-refractivity contribution in [1.82, 2.24) is 10.2 Å². The van der Waals surface area contributed by atoms with E-state index in [0.717, 1.165) is 40.1 Å². The van der Waals surface area contributed by atoms with Gasteiger partial charge in [-0.25, -0.2) is 0 Å². The number of amides is 1. The highest BCUT2D eigenvalue weighted by molar-refractivity contribution is 9.13. The number of rotatable bonds is 3. The Balaban J connectivity index is 1.73. The van der Waals surface area contributed by atoms with Gasteiger partial charge in [0.05, 0.1) is 18.2 Å². The topological polar surface area (TPSA) is 73.8 Å². The molecule has 3 heterocycles. The molecule has 0 aliphatic carbocycles. The van der Waals surface area contributed by atoms with Gasteiger partial charge in [0.25, 0.3) is 5.91 Å². The van der Waals surface area contributed by atoms with E-state index in [1.807, 2.05) is 0 Å². The van der Waals surface area contributed by atoms with Crippen LogP contribution in [0.15, 0.2) is 15.0 Å². The first-order chi connectivity index (χ1) is 13.3. The Morgan fingerprint density at radius 3 is 2.79 bits per heavy atom. The number of nitrogens with zero attached hydrogens (tertiary/aromatic N) is 1. The van der Waals surface area contributed by atoms with Crippen molar-refractivity contribution in [3.05, 3.63) is 36.6 Å². The molecule has 1 amide bonds. The first kappa shape index (κ1) is 20.0. The van der Waals surface area contributed by atoms with Crippen LogP contribution >= 0.6 is 43.2 Å². The number of thiophene rings is 1. The molecule has 0 saturated heterocycles. The second-order valence-corrected chi connectivity index (χ2v) is 9.96. The van der Waals surface area contributed by atoms with Gasteiger partial charge in [-0.3, -0.25) is 9.69 Å². The summed E-state index contributed by atoms with van der Waals surface area (Å²) < 4.78 is 6.66. The van der Waals surface area contributed by atoms with Crippen LogP contribution in [0.5, 0.6) is 11.5 Å². The first-order valence-corrected chi connectivity index (χ1v) is 11.4. The molecule has 2 aliphatic heterocycles. The molecule has 0 spiro atoms. The fourth-order valence-electron chi connectivity index (χ4n) is 3.75. The minimum absolute atomic E-state index is 0.00822. The zero-order valence-electron chi connectivity index (χ0n) is 15.7. The van der Waals surface area contributed by atoms with Gasteiger partial charge >= 0.3 is 0 Å². The molecular weight excluding hydrogens is 510 g/mol. The monoisotopic (exact) mass is 529 g/mol. The maximum Gasteiger partial charge on any atom is 0.256 e. The Hall–Kier alpha value is -1.29. The van der Waals surface area contributed by atoms with E-state index >= 15 is 0 Å². The third-order valence-electron chi connectivity index (χ3n) is 5.30. The molecule has 0 fully saturated rings. The molecule has 0 radical (unpaired) electrons. The lowest BCUT2D eigenvalue weighted by molar-refractivity contribution is 0.0934. The van der Waals surface area contributed by atoms with Gasteiger partial charge in [-0.15, -0.1) is 11.3 Å². The molecule has 1 aromatic heterocycles. The Morgan fingerprint density at radius 2 is 2.11 bits per heavy atom. The summed E-state index contributed by atoms with van der Waals surface area (Å²) in [6, 6.07) is 2.16. The molecule has 1 unspecified atom stereocenters. The quantitative estimate of drug-likeness (QED) is 0.540. The van der Waals surface area contributed by atoms with Gasteiger partial charge in [0.15, 0.2) is 11.5 Å². The van der Waals surface area contributed by atoms with E-state index in [1.54, 1.807) is 17.4 Å². The van der Waals surface area contributed by atoms with E-state index in [-0.39, 0.29) is 11.7 Å². The molecule has 3 N–H and O–H groups in total. The number of carbonyl (C=O) groups is 1. The van der Waals surface area contributed by atoms with Crippen molar-refractivity contribution in [2.45, 2.75) is 39.0 Å². The van der Waals surface area contributed by atoms with Crippen LogP contribution in [0, 0.1) is 0 Å². The van der Waals surface area contributed by atoms with Crippen LogP contribution in [-0.4, -0.2) is 35.6 Å². The summed E-state index contributed by atoms with van der Waals surface area (Å²) in [5, 5.41) is 17.9. The number of anilines is 1. The summed E-state index contributed by atoms with van der Waals surface area (Å²) in [6.07, 6.45) is 0.306. The lowest BCUT2D eigenvalue weighted by Crippen LogP contribution is -2.39. The number of benzene rings is 1. The summed E-state index contributed by atoms with van der Waals surface area (Å²) in [5.74, 6) is 0.218. The minimum atomic E-state index is -0.568. The Bertz CT molecular complexity index is 961.